The van der Waals surface area contributed by atoms with Gasteiger partial charge in [-0.1, -0.05) is 18.2 Å². The van der Waals surface area contributed by atoms with E-state index in [9.17, 15) is 13.2 Å². The number of nitrogens with zero attached hydrogens (tertiary/aromatic N) is 3. The average Bonchev–Trinajstić information content (AvgIpc) is 3.07. The van der Waals surface area contributed by atoms with Gasteiger partial charge in [-0.05, 0) is 25.8 Å². The van der Waals surface area contributed by atoms with Gasteiger partial charge in [0.2, 0.25) is 15.9 Å². The molecule has 29 heavy (non-hydrogen) atoms. The average molecular weight is 419 g/mol. The molecular formula is C20H26N4O4S. The first-order valence-electron chi connectivity index (χ1n) is 9.89. The molecule has 2 aliphatic rings. The van der Waals surface area contributed by atoms with Crippen molar-refractivity contribution in [3.05, 3.63) is 41.7 Å². The van der Waals surface area contributed by atoms with Gasteiger partial charge in [0.1, 0.15) is 10.6 Å². The van der Waals surface area contributed by atoms with Gasteiger partial charge in [0.15, 0.2) is 0 Å². The van der Waals surface area contributed by atoms with Crippen LogP contribution in [0.25, 0.3) is 0 Å². The molecule has 2 aromatic rings. The van der Waals surface area contributed by atoms with E-state index >= 15 is 0 Å². The Bertz CT molecular complexity index is 1020. The molecule has 2 aliphatic heterocycles. The second-order valence-corrected chi connectivity index (χ2v) is 9.56. The van der Waals surface area contributed by atoms with Gasteiger partial charge in [-0.3, -0.25) is 9.48 Å². The van der Waals surface area contributed by atoms with Gasteiger partial charge in [0.05, 0.1) is 30.5 Å². The molecule has 0 radical (unpaired) electrons. The molecular weight excluding hydrogens is 392 g/mol. The highest BCUT2D eigenvalue weighted by Crippen LogP contribution is 2.32. The fourth-order valence-electron chi connectivity index (χ4n) is 4.03. The molecule has 0 saturated carbocycles. The minimum absolute atomic E-state index is 0.102. The molecule has 0 spiro atoms. The Labute approximate surface area is 170 Å². The van der Waals surface area contributed by atoms with E-state index in [2.05, 4.69) is 10.4 Å². The predicted molar refractivity (Wildman–Crippen MR) is 107 cm³/mol. The largest absolute Gasteiger partial charge is 0.493 e. The van der Waals surface area contributed by atoms with Crippen molar-refractivity contribution in [1.82, 2.24) is 19.4 Å². The van der Waals surface area contributed by atoms with Crippen molar-refractivity contribution in [2.75, 3.05) is 19.7 Å². The highest BCUT2D eigenvalue weighted by Gasteiger charge is 2.36. The van der Waals surface area contributed by atoms with Gasteiger partial charge in [-0.25, -0.2) is 8.42 Å². The molecule has 9 heteroatoms. The van der Waals surface area contributed by atoms with Crippen LogP contribution in [0.1, 0.15) is 36.6 Å². The van der Waals surface area contributed by atoms with Crippen molar-refractivity contribution in [1.29, 1.82) is 0 Å². The smallest absolute Gasteiger partial charge is 0.246 e. The maximum atomic E-state index is 13.1. The fraction of sp³-hybridized carbons (Fsp3) is 0.500. The lowest BCUT2D eigenvalue weighted by Crippen LogP contribution is -2.46. The first kappa shape index (κ1) is 19.9. The number of amides is 1. The molecule has 2 atom stereocenters. The van der Waals surface area contributed by atoms with Crippen LogP contribution < -0.4 is 10.1 Å². The van der Waals surface area contributed by atoms with Crippen LogP contribution in [-0.4, -0.2) is 48.1 Å². The first-order chi connectivity index (χ1) is 13.9. The molecule has 1 aromatic carbocycles. The number of carbonyl (C=O) groups excluding carboxylic acids is 1. The molecule has 1 aromatic heterocycles. The minimum atomic E-state index is -3.67. The summed E-state index contributed by atoms with van der Waals surface area (Å²) in [5, 5.41) is 7.16. The van der Waals surface area contributed by atoms with E-state index in [1.54, 1.807) is 18.7 Å². The minimum Gasteiger partial charge on any atom is -0.493 e. The van der Waals surface area contributed by atoms with E-state index in [0.29, 0.717) is 38.1 Å². The number of aryl methyl sites for hydroxylation is 1. The number of ether oxygens (including phenoxy) is 1. The maximum Gasteiger partial charge on any atom is 0.246 e. The van der Waals surface area contributed by atoms with Crippen molar-refractivity contribution >= 4 is 15.9 Å². The molecule has 0 unspecified atom stereocenters. The zero-order valence-corrected chi connectivity index (χ0v) is 17.5. The molecule has 3 heterocycles. The monoisotopic (exact) mass is 418 g/mol. The summed E-state index contributed by atoms with van der Waals surface area (Å²) in [7, 11) is -1.96. The van der Waals surface area contributed by atoms with E-state index in [1.165, 1.54) is 10.5 Å². The summed E-state index contributed by atoms with van der Waals surface area (Å²) in [4.78, 5) is 13.2. The van der Waals surface area contributed by atoms with Gasteiger partial charge in [0, 0.05) is 32.1 Å². The Kier molecular flexibility index (Phi) is 5.35. The SMILES string of the molecule is Cc1c(S(=O)(=O)N2CCC[C@@H](C(=O)N[C@H]3CCOc4ccccc43)C2)cnn1C. The summed E-state index contributed by atoms with van der Waals surface area (Å²) >= 11 is 0. The van der Waals surface area contributed by atoms with Gasteiger partial charge in [-0.15, -0.1) is 0 Å². The number of nitrogens with one attached hydrogen (secondary N) is 1. The molecule has 0 aliphatic carbocycles. The Morgan fingerprint density at radius 1 is 1.28 bits per heavy atom. The van der Waals surface area contributed by atoms with Crippen molar-refractivity contribution in [3.8, 4) is 5.75 Å². The lowest BCUT2D eigenvalue weighted by molar-refractivity contribution is -0.127. The van der Waals surface area contributed by atoms with Crippen molar-refractivity contribution in [2.24, 2.45) is 13.0 Å². The summed E-state index contributed by atoms with van der Waals surface area (Å²) in [6, 6.07) is 7.59. The number of para-hydroxylation sites is 1. The second kappa shape index (κ2) is 7.79. The first-order valence-corrected chi connectivity index (χ1v) is 11.3. The van der Waals surface area contributed by atoms with Crippen LogP contribution in [0.15, 0.2) is 35.4 Å². The summed E-state index contributed by atoms with van der Waals surface area (Å²) in [5.41, 5.74) is 1.56. The number of piperidine rings is 1. The summed E-state index contributed by atoms with van der Waals surface area (Å²) < 4.78 is 34.8. The van der Waals surface area contributed by atoms with Crippen LogP contribution in [0.2, 0.25) is 0 Å². The number of benzene rings is 1. The quantitative estimate of drug-likeness (QED) is 0.817. The topological polar surface area (TPSA) is 93.5 Å². The van der Waals surface area contributed by atoms with E-state index < -0.39 is 10.0 Å². The van der Waals surface area contributed by atoms with Crippen molar-refractivity contribution in [3.63, 3.8) is 0 Å². The molecule has 156 valence electrons. The number of sulfonamides is 1. The lowest BCUT2D eigenvalue weighted by atomic mass is 9.96. The number of aromatic nitrogens is 2. The Morgan fingerprint density at radius 2 is 2.07 bits per heavy atom. The van der Waals surface area contributed by atoms with Gasteiger partial charge < -0.3 is 10.1 Å². The standard InChI is InChI=1S/C20H26N4O4S/c1-14-19(12-21-23(14)2)29(26,27)24-10-5-6-15(13-24)20(25)22-17-9-11-28-18-8-4-3-7-16(17)18/h3-4,7-8,12,15,17H,5-6,9-11,13H2,1-2H3,(H,22,25)/t15-,17+/m1/s1. The van der Waals surface area contributed by atoms with E-state index in [4.69, 9.17) is 4.74 Å². The van der Waals surface area contributed by atoms with Crippen LogP contribution in [0.5, 0.6) is 5.75 Å². The maximum absolute atomic E-state index is 13.1. The van der Waals surface area contributed by atoms with E-state index in [0.717, 1.165) is 11.3 Å². The summed E-state index contributed by atoms with van der Waals surface area (Å²) in [6.07, 6.45) is 3.41. The zero-order chi connectivity index (χ0) is 20.6. The Morgan fingerprint density at radius 3 is 2.83 bits per heavy atom. The van der Waals surface area contributed by atoms with Crippen LogP contribution in [0, 0.1) is 12.8 Å². The summed E-state index contributed by atoms with van der Waals surface area (Å²) in [6.45, 7) is 2.89. The van der Waals surface area contributed by atoms with Crippen LogP contribution in [-0.2, 0) is 21.9 Å². The zero-order valence-electron chi connectivity index (χ0n) is 16.7. The molecule has 1 fully saturated rings. The van der Waals surface area contributed by atoms with Gasteiger partial charge >= 0.3 is 0 Å². The molecule has 8 nitrogen and oxygen atoms in total. The van der Waals surface area contributed by atoms with Gasteiger partial charge in [0.25, 0.3) is 0 Å². The van der Waals surface area contributed by atoms with Crippen LogP contribution >= 0.6 is 0 Å². The molecule has 1 saturated heterocycles. The Balaban J connectivity index is 1.48. The predicted octanol–water partition coefficient (Wildman–Crippen LogP) is 1.77. The number of carbonyl (C=O) groups is 1. The third-order valence-corrected chi connectivity index (χ3v) is 7.81. The lowest BCUT2D eigenvalue weighted by Gasteiger charge is -2.33. The number of rotatable bonds is 4. The fourth-order valence-corrected chi connectivity index (χ4v) is 5.74. The van der Waals surface area contributed by atoms with E-state index in [1.807, 2.05) is 24.3 Å². The Hall–Kier alpha value is -2.39. The van der Waals surface area contributed by atoms with Gasteiger partial charge in [-0.2, -0.15) is 9.40 Å². The number of hydrogen-bond acceptors (Lipinski definition) is 5. The van der Waals surface area contributed by atoms with E-state index in [-0.39, 0.29) is 29.3 Å². The third-order valence-electron chi connectivity index (χ3n) is 5.84. The summed E-state index contributed by atoms with van der Waals surface area (Å²) in [5.74, 6) is 0.323. The van der Waals surface area contributed by atoms with Crippen molar-refractivity contribution in [2.45, 2.75) is 37.1 Å². The highest BCUT2D eigenvalue weighted by molar-refractivity contribution is 7.89. The number of hydrogen-bond donors (Lipinski definition) is 1. The van der Waals surface area contributed by atoms with Crippen LogP contribution in [0.4, 0.5) is 0 Å². The molecule has 0 bridgehead atoms. The number of fused-ring (bicyclic) bond motifs is 1. The molecule has 4 rings (SSSR count). The molecule has 1 amide bonds. The van der Waals surface area contributed by atoms with Crippen molar-refractivity contribution < 1.29 is 17.9 Å². The third kappa shape index (κ3) is 3.76. The van der Waals surface area contributed by atoms with Crippen LogP contribution in [0.3, 0.4) is 0 Å². The highest BCUT2D eigenvalue weighted by atomic mass is 32.2. The molecule has 1 N–H and O–H groups in total. The normalized spacial score (nSPS) is 22.6. The second-order valence-electron chi connectivity index (χ2n) is 7.66.